The van der Waals surface area contributed by atoms with E-state index in [0.29, 0.717) is 5.88 Å². The second-order valence-electron chi connectivity index (χ2n) is 9.83. The van der Waals surface area contributed by atoms with E-state index in [-0.39, 0.29) is 0 Å². The number of para-hydroxylation sites is 2. The Hall–Kier alpha value is -5.17. The van der Waals surface area contributed by atoms with E-state index in [1.54, 1.807) is 14.2 Å². The standard InChI is InChI=1S/C18H16N2O.C10H8N2.C8H9ClO/c1-13-10-17-14(11-16(13)19-2)8-9-20(17)12-15-6-4-5-7-18(15)21-3;1-7-5-10-8(3-4-12-10)6-9(7)11-2;1-10-8-5-3-2-4-7(8)6-9/h4-11H,12H2,1,3H3;3-6,12H,1H3;2-5H,6H2,1H3. The molecule has 4 aromatic carbocycles. The average Bonchev–Trinajstić information content (AvgIpc) is 3.66. The maximum Gasteiger partial charge on any atom is 0.190 e. The Kier molecular flexibility index (Phi) is 10.5. The molecule has 216 valence electrons. The summed E-state index contributed by atoms with van der Waals surface area (Å²) in [4.78, 5) is 10.1. The zero-order valence-corrected chi connectivity index (χ0v) is 25.4. The van der Waals surface area contributed by atoms with Gasteiger partial charge in [-0.05, 0) is 84.3 Å². The van der Waals surface area contributed by atoms with Gasteiger partial charge in [-0.3, -0.25) is 0 Å². The van der Waals surface area contributed by atoms with E-state index in [1.807, 2.05) is 86.8 Å². The molecule has 0 radical (unpaired) electrons. The highest BCUT2D eigenvalue weighted by atomic mass is 35.5. The third kappa shape index (κ3) is 7.38. The predicted octanol–water partition coefficient (Wildman–Crippen LogP) is 10.0. The van der Waals surface area contributed by atoms with Gasteiger partial charge in [0.05, 0.1) is 39.8 Å². The zero-order valence-electron chi connectivity index (χ0n) is 24.7. The summed E-state index contributed by atoms with van der Waals surface area (Å²) in [5.41, 5.74) is 7.92. The Morgan fingerprint density at radius 1 is 0.744 bits per heavy atom. The molecule has 0 amide bonds. The SMILES string of the molecule is COc1ccccc1CCl.[C-]#[N+]c1cc2cc[nH]c2cc1C.[C-]#[N+]c1cc2ccn(Cc3ccccc3OC)c2cc1C. The van der Waals surface area contributed by atoms with Crippen LogP contribution in [0.15, 0.2) is 97.3 Å². The van der Waals surface area contributed by atoms with Crippen LogP contribution in [0, 0.1) is 27.0 Å². The van der Waals surface area contributed by atoms with Crippen LogP contribution in [0.4, 0.5) is 11.4 Å². The average molecular weight is 589 g/mol. The van der Waals surface area contributed by atoms with Gasteiger partial charge < -0.3 is 19.0 Å². The van der Waals surface area contributed by atoms with E-state index in [4.69, 9.17) is 34.2 Å². The molecule has 0 unspecified atom stereocenters. The summed E-state index contributed by atoms with van der Waals surface area (Å²) in [6.45, 7) is 18.8. The van der Waals surface area contributed by atoms with Gasteiger partial charge in [0.1, 0.15) is 11.5 Å². The van der Waals surface area contributed by atoms with Crippen molar-refractivity contribution in [1.82, 2.24) is 9.55 Å². The second kappa shape index (κ2) is 14.6. The molecule has 0 bridgehead atoms. The van der Waals surface area contributed by atoms with Crippen LogP contribution in [-0.4, -0.2) is 23.8 Å². The van der Waals surface area contributed by atoms with E-state index in [9.17, 15) is 0 Å². The van der Waals surface area contributed by atoms with Gasteiger partial charge in [-0.15, -0.1) is 11.6 Å². The van der Waals surface area contributed by atoms with Crippen LogP contribution in [0.3, 0.4) is 0 Å². The third-order valence-electron chi connectivity index (χ3n) is 7.07. The monoisotopic (exact) mass is 588 g/mol. The van der Waals surface area contributed by atoms with Gasteiger partial charge in [-0.25, -0.2) is 9.69 Å². The molecule has 6 rings (SSSR count). The number of H-pyrrole nitrogens is 1. The lowest BCUT2D eigenvalue weighted by Gasteiger charge is -2.10. The largest absolute Gasteiger partial charge is 0.496 e. The molecule has 2 heterocycles. The van der Waals surface area contributed by atoms with E-state index in [1.165, 1.54) is 0 Å². The van der Waals surface area contributed by atoms with Crippen LogP contribution in [0.2, 0.25) is 0 Å². The first-order chi connectivity index (χ1) is 20.9. The number of rotatable bonds is 5. The van der Waals surface area contributed by atoms with Crippen LogP contribution >= 0.6 is 11.6 Å². The first kappa shape index (κ1) is 30.8. The fourth-order valence-electron chi connectivity index (χ4n) is 4.74. The van der Waals surface area contributed by atoms with Crippen molar-refractivity contribution >= 4 is 44.8 Å². The predicted molar refractivity (Wildman–Crippen MR) is 177 cm³/mol. The fraction of sp³-hybridized carbons (Fsp3) is 0.167. The molecule has 6 aromatic rings. The molecule has 43 heavy (non-hydrogen) atoms. The van der Waals surface area contributed by atoms with Gasteiger partial charge in [0.2, 0.25) is 0 Å². The number of nitrogens with zero attached hydrogens (tertiary/aromatic N) is 3. The number of benzene rings is 4. The molecule has 0 atom stereocenters. The second-order valence-corrected chi connectivity index (χ2v) is 10.1. The lowest BCUT2D eigenvalue weighted by atomic mass is 10.1. The molecule has 0 saturated carbocycles. The summed E-state index contributed by atoms with van der Waals surface area (Å²) < 4.78 is 12.7. The zero-order chi connectivity index (χ0) is 30.8. The van der Waals surface area contributed by atoms with E-state index < -0.39 is 0 Å². The molecule has 7 heteroatoms. The van der Waals surface area contributed by atoms with Crippen molar-refractivity contribution in [3.63, 3.8) is 0 Å². The Balaban J connectivity index is 0.000000163. The number of nitrogens with one attached hydrogen (secondary N) is 1. The van der Waals surface area contributed by atoms with Crippen molar-refractivity contribution < 1.29 is 9.47 Å². The smallest absolute Gasteiger partial charge is 0.190 e. The first-order valence-electron chi connectivity index (χ1n) is 13.6. The van der Waals surface area contributed by atoms with Crippen molar-refractivity contribution in [1.29, 1.82) is 0 Å². The molecule has 0 aliphatic carbocycles. The molecule has 0 fully saturated rings. The normalized spacial score (nSPS) is 10.1. The summed E-state index contributed by atoms with van der Waals surface area (Å²) in [5.74, 6) is 2.26. The Labute approximate surface area is 257 Å². The van der Waals surface area contributed by atoms with E-state index >= 15 is 0 Å². The highest BCUT2D eigenvalue weighted by Crippen LogP contribution is 2.28. The number of fused-ring (bicyclic) bond motifs is 2. The lowest BCUT2D eigenvalue weighted by molar-refractivity contribution is 0.408. The van der Waals surface area contributed by atoms with Crippen LogP contribution in [0.5, 0.6) is 11.5 Å². The molecular formula is C36H33ClN4O2. The maximum absolute atomic E-state index is 7.20. The number of methoxy groups -OCH3 is 2. The van der Waals surface area contributed by atoms with Gasteiger partial charge in [-0.2, -0.15) is 0 Å². The lowest BCUT2D eigenvalue weighted by Crippen LogP contribution is -2.00. The van der Waals surface area contributed by atoms with Crippen molar-refractivity contribution in [3.8, 4) is 11.5 Å². The van der Waals surface area contributed by atoms with Gasteiger partial charge in [0, 0.05) is 34.6 Å². The Morgan fingerprint density at radius 3 is 1.93 bits per heavy atom. The molecular weight excluding hydrogens is 556 g/mol. The summed E-state index contributed by atoms with van der Waals surface area (Å²) >= 11 is 5.63. The van der Waals surface area contributed by atoms with Crippen LogP contribution in [-0.2, 0) is 12.4 Å². The van der Waals surface area contributed by atoms with Crippen molar-refractivity contribution in [2.24, 2.45) is 0 Å². The van der Waals surface area contributed by atoms with Gasteiger partial charge in [-0.1, -0.05) is 36.4 Å². The summed E-state index contributed by atoms with van der Waals surface area (Å²) in [6, 6.07) is 27.7. The number of alkyl halides is 1. The van der Waals surface area contributed by atoms with Crippen molar-refractivity contribution in [2.75, 3.05) is 14.2 Å². The Bertz CT molecular complexity index is 1900. The third-order valence-corrected chi connectivity index (χ3v) is 7.36. The fourth-order valence-corrected chi connectivity index (χ4v) is 4.96. The highest BCUT2D eigenvalue weighted by molar-refractivity contribution is 6.17. The molecule has 6 nitrogen and oxygen atoms in total. The topological polar surface area (TPSA) is 47.9 Å². The van der Waals surface area contributed by atoms with Gasteiger partial charge >= 0.3 is 0 Å². The highest BCUT2D eigenvalue weighted by Gasteiger charge is 2.08. The summed E-state index contributed by atoms with van der Waals surface area (Å²) in [6.07, 6.45) is 3.95. The number of hydrogen-bond donors (Lipinski definition) is 1. The minimum Gasteiger partial charge on any atom is -0.496 e. The van der Waals surface area contributed by atoms with Gasteiger partial charge in [0.15, 0.2) is 11.4 Å². The minimum atomic E-state index is 0.504. The molecule has 1 N–H and O–H groups in total. The van der Waals surface area contributed by atoms with Crippen molar-refractivity contribution in [2.45, 2.75) is 26.3 Å². The van der Waals surface area contributed by atoms with Crippen LogP contribution in [0.1, 0.15) is 22.3 Å². The number of aromatic amines is 1. The number of aryl methyl sites for hydroxylation is 2. The van der Waals surface area contributed by atoms with Crippen LogP contribution < -0.4 is 9.47 Å². The molecule has 0 saturated heterocycles. The molecule has 2 aromatic heterocycles. The van der Waals surface area contributed by atoms with Gasteiger partial charge in [0.25, 0.3) is 0 Å². The number of aromatic nitrogens is 2. The van der Waals surface area contributed by atoms with E-state index in [2.05, 4.69) is 43.6 Å². The number of hydrogen-bond acceptors (Lipinski definition) is 2. The summed E-state index contributed by atoms with van der Waals surface area (Å²) in [7, 11) is 3.34. The Morgan fingerprint density at radius 2 is 1.33 bits per heavy atom. The summed E-state index contributed by atoms with van der Waals surface area (Å²) in [5, 5.41) is 2.20. The maximum atomic E-state index is 7.20. The van der Waals surface area contributed by atoms with Crippen molar-refractivity contribution in [3.05, 3.63) is 142 Å². The number of halogens is 1. The quantitative estimate of drug-likeness (QED) is 0.161. The van der Waals surface area contributed by atoms with E-state index in [0.717, 1.165) is 73.5 Å². The van der Waals surface area contributed by atoms with Crippen LogP contribution in [0.25, 0.3) is 31.5 Å². The number of ether oxygens (including phenoxy) is 2. The molecule has 0 aliphatic rings. The first-order valence-corrected chi connectivity index (χ1v) is 14.2. The minimum absolute atomic E-state index is 0.504. The molecule has 0 spiro atoms. The molecule has 0 aliphatic heterocycles.